The van der Waals surface area contributed by atoms with Gasteiger partial charge in [0.25, 0.3) is 0 Å². The molecule has 0 saturated heterocycles. The number of hydrogen-bond acceptors (Lipinski definition) is 1. The second-order valence-corrected chi connectivity index (χ2v) is 8.17. The Bertz CT molecular complexity index is 508. The highest BCUT2D eigenvalue weighted by molar-refractivity contribution is 6.03. The summed E-state index contributed by atoms with van der Waals surface area (Å²) >= 11 is 0. The molecule has 0 radical (unpaired) electrons. The van der Waals surface area contributed by atoms with Crippen LogP contribution in [0.25, 0.3) is 0 Å². The Hall–Kier alpha value is -0.850. The summed E-state index contributed by atoms with van der Waals surface area (Å²) in [5.41, 5.74) is 2.84. The highest BCUT2D eigenvalue weighted by Crippen LogP contribution is 2.76. The molecule has 2 saturated carbocycles. The predicted molar refractivity (Wildman–Crippen MR) is 87.9 cm³/mol. The molecule has 1 nitrogen and oxygen atoms in total. The smallest absolute Gasteiger partial charge is 0.162 e. The highest BCUT2D eigenvalue weighted by Gasteiger charge is 2.76. The summed E-state index contributed by atoms with van der Waals surface area (Å²) < 4.78 is 0. The van der Waals surface area contributed by atoms with E-state index in [9.17, 15) is 4.79 Å². The zero-order chi connectivity index (χ0) is 15.4. The normalized spacial score (nSPS) is 42.0. The summed E-state index contributed by atoms with van der Waals surface area (Å²) in [6.07, 6.45) is 9.37. The molecule has 21 heavy (non-hydrogen) atoms. The summed E-state index contributed by atoms with van der Waals surface area (Å²) in [6, 6.07) is 0. The van der Waals surface area contributed by atoms with E-state index in [1.54, 1.807) is 0 Å². The third kappa shape index (κ3) is 2.07. The molecular weight excluding hydrogens is 256 g/mol. The van der Waals surface area contributed by atoms with Gasteiger partial charge in [-0.2, -0.15) is 0 Å². The average Bonchev–Trinajstić information content (AvgIpc) is 3.03. The molecule has 0 aromatic rings. The van der Waals surface area contributed by atoms with Crippen LogP contribution in [0.15, 0.2) is 23.3 Å². The van der Waals surface area contributed by atoms with Gasteiger partial charge in [0.2, 0.25) is 0 Å². The molecule has 0 aromatic carbocycles. The molecular formula is C20H30O. The quantitative estimate of drug-likeness (QED) is 0.651. The molecule has 3 rings (SSSR count). The van der Waals surface area contributed by atoms with E-state index < -0.39 is 0 Å². The summed E-state index contributed by atoms with van der Waals surface area (Å²) in [6.45, 7) is 11.3. The first-order valence-electron chi connectivity index (χ1n) is 8.76. The van der Waals surface area contributed by atoms with Crippen LogP contribution >= 0.6 is 0 Å². The number of carbonyl (C=O) groups excluding carboxylic acids is 1. The van der Waals surface area contributed by atoms with Crippen molar-refractivity contribution in [3.05, 3.63) is 23.3 Å². The van der Waals surface area contributed by atoms with E-state index in [0.29, 0.717) is 23.5 Å². The molecule has 0 amide bonds. The Balaban J connectivity index is 1.73. The zero-order valence-electron chi connectivity index (χ0n) is 14.3. The van der Waals surface area contributed by atoms with Gasteiger partial charge in [-0.05, 0) is 82.1 Å². The van der Waals surface area contributed by atoms with Crippen LogP contribution in [0.5, 0.6) is 0 Å². The van der Waals surface area contributed by atoms with Crippen LogP contribution in [0.4, 0.5) is 0 Å². The van der Waals surface area contributed by atoms with Crippen molar-refractivity contribution in [1.82, 2.24) is 0 Å². The number of allylic oxidation sites excluding steroid dienone is 4. The topological polar surface area (TPSA) is 17.1 Å². The van der Waals surface area contributed by atoms with Crippen molar-refractivity contribution in [2.75, 3.05) is 0 Å². The van der Waals surface area contributed by atoms with Gasteiger partial charge in [-0.25, -0.2) is 0 Å². The van der Waals surface area contributed by atoms with Crippen LogP contribution in [0, 0.1) is 35.0 Å². The van der Waals surface area contributed by atoms with Crippen molar-refractivity contribution >= 4 is 5.78 Å². The molecule has 0 aliphatic heterocycles. The van der Waals surface area contributed by atoms with Gasteiger partial charge in [0.15, 0.2) is 5.78 Å². The molecule has 0 N–H and O–H groups in total. The number of carbonyl (C=O) groups is 1. The fraction of sp³-hybridized carbons (Fsp3) is 0.750. The number of ketones is 1. The van der Waals surface area contributed by atoms with Crippen LogP contribution in [0.3, 0.4) is 0 Å². The zero-order valence-corrected chi connectivity index (χ0v) is 14.3. The van der Waals surface area contributed by atoms with Crippen molar-refractivity contribution in [1.29, 1.82) is 0 Å². The van der Waals surface area contributed by atoms with Crippen molar-refractivity contribution in [2.24, 2.45) is 35.0 Å². The van der Waals surface area contributed by atoms with E-state index in [-0.39, 0.29) is 5.41 Å². The largest absolute Gasteiger partial charge is 0.294 e. The maximum absolute atomic E-state index is 12.6. The van der Waals surface area contributed by atoms with E-state index in [0.717, 1.165) is 11.8 Å². The Morgan fingerprint density at radius 1 is 1.43 bits per heavy atom. The Morgan fingerprint density at radius 2 is 2.14 bits per heavy atom. The lowest BCUT2D eigenvalue weighted by molar-refractivity contribution is -0.123. The van der Waals surface area contributed by atoms with Crippen LogP contribution in [-0.4, -0.2) is 5.78 Å². The third-order valence-corrected chi connectivity index (χ3v) is 6.71. The molecule has 1 heteroatoms. The van der Waals surface area contributed by atoms with Crippen LogP contribution < -0.4 is 0 Å². The van der Waals surface area contributed by atoms with Crippen molar-refractivity contribution < 1.29 is 4.79 Å². The molecule has 2 fully saturated rings. The lowest BCUT2D eigenvalue weighted by Crippen LogP contribution is -2.33. The molecule has 0 aromatic heterocycles. The first kappa shape index (κ1) is 15.1. The lowest BCUT2D eigenvalue weighted by atomic mass is 9.68. The standard InChI is InChI=1S/C20H30O/c1-12(2)7-6-8-13(3)16-10-9-15(5)20-17(21)11-14(4)18(20)19(16)20/h7,11,13,15-16,18-19H,6,8-10H2,1-5H3/t13-,15+,16-,18+,19+,20+/m1/s1. The number of rotatable bonds is 4. The summed E-state index contributed by atoms with van der Waals surface area (Å²) in [4.78, 5) is 12.6. The minimum atomic E-state index is 0.0395. The average molecular weight is 286 g/mol. The molecule has 0 unspecified atom stereocenters. The minimum absolute atomic E-state index is 0.0395. The van der Waals surface area contributed by atoms with E-state index in [1.165, 1.54) is 36.8 Å². The van der Waals surface area contributed by atoms with Gasteiger partial charge in [-0.15, -0.1) is 0 Å². The molecule has 0 heterocycles. The molecule has 3 aliphatic carbocycles. The van der Waals surface area contributed by atoms with Gasteiger partial charge >= 0.3 is 0 Å². The molecule has 6 atom stereocenters. The lowest BCUT2D eigenvalue weighted by Gasteiger charge is -2.35. The van der Waals surface area contributed by atoms with Crippen molar-refractivity contribution in [2.45, 2.75) is 60.3 Å². The summed E-state index contributed by atoms with van der Waals surface area (Å²) in [5, 5.41) is 0. The highest BCUT2D eigenvalue weighted by atomic mass is 16.1. The second kappa shape index (κ2) is 5.11. The van der Waals surface area contributed by atoms with Crippen LogP contribution in [0.2, 0.25) is 0 Å². The summed E-state index contributed by atoms with van der Waals surface area (Å²) in [5.74, 6) is 3.84. The van der Waals surface area contributed by atoms with E-state index >= 15 is 0 Å². The fourth-order valence-electron chi connectivity index (χ4n) is 5.66. The Kier molecular flexibility index (Phi) is 3.66. The Labute approximate surface area is 129 Å². The molecule has 3 aliphatic rings. The van der Waals surface area contributed by atoms with E-state index in [1.807, 2.05) is 6.08 Å². The van der Waals surface area contributed by atoms with E-state index in [2.05, 4.69) is 40.7 Å². The summed E-state index contributed by atoms with van der Waals surface area (Å²) in [7, 11) is 0. The van der Waals surface area contributed by atoms with Gasteiger partial charge < -0.3 is 0 Å². The monoisotopic (exact) mass is 286 g/mol. The Morgan fingerprint density at radius 3 is 2.81 bits per heavy atom. The first-order chi connectivity index (χ1) is 9.90. The second-order valence-electron chi connectivity index (χ2n) is 8.17. The predicted octanol–water partition coefficient (Wildman–Crippen LogP) is 5.18. The maximum Gasteiger partial charge on any atom is 0.162 e. The number of hydrogen-bond donors (Lipinski definition) is 0. The third-order valence-electron chi connectivity index (χ3n) is 6.71. The fourth-order valence-corrected chi connectivity index (χ4v) is 5.66. The van der Waals surface area contributed by atoms with Gasteiger partial charge in [-0.3, -0.25) is 4.79 Å². The molecule has 116 valence electrons. The maximum atomic E-state index is 12.6. The van der Waals surface area contributed by atoms with Gasteiger partial charge in [0.1, 0.15) is 0 Å². The SMILES string of the molecule is CC(C)=CCC[C@@H](C)[C@H]1CC[C@H](C)[C@]23C(=O)C=C(C)[C@H]2[C@H]13. The minimum Gasteiger partial charge on any atom is -0.294 e. The van der Waals surface area contributed by atoms with Gasteiger partial charge in [0, 0.05) is 5.41 Å². The molecule has 0 bridgehead atoms. The van der Waals surface area contributed by atoms with Gasteiger partial charge in [0.05, 0.1) is 0 Å². The molecule has 1 spiro atoms. The van der Waals surface area contributed by atoms with Gasteiger partial charge in [-0.1, -0.05) is 31.1 Å². The first-order valence-corrected chi connectivity index (χ1v) is 8.76. The van der Waals surface area contributed by atoms with Crippen LogP contribution in [-0.2, 0) is 4.79 Å². The van der Waals surface area contributed by atoms with Crippen molar-refractivity contribution in [3.63, 3.8) is 0 Å². The van der Waals surface area contributed by atoms with Crippen molar-refractivity contribution in [3.8, 4) is 0 Å². The van der Waals surface area contributed by atoms with Crippen LogP contribution in [0.1, 0.15) is 60.3 Å². The van der Waals surface area contributed by atoms with E-state index in [4.69, 9.17) is 0 Å². The number of fused-ring (bicyclic) bond motifs is 1.